The van der Waals surface area contributed by atoms with Crippen molar-refractivity contribution in [2.24, 2.45) is 5.73 Å². The van der Waals surface area contributed by atoms with Gasteiger partial charge < -0.3 is 26.4 Å². The number of carbonyl (C=O) groups is 2. The van der Waals surface area contributed by atoms with Crippen molar-refractivity contribution in [2.45, 2.75) is 18.6 Å². The summed E-state index contributed by atoms with van der Waals surface area (Å²) < 4.78 is 0. The summed E-state index contributed by atoms with van der Waals surface area (Å²) in [6.07, 6.45) is -1.44. The summed E-state index contributed by atoms with van der Waals surface area (Å²) >= 11 is 0. The zero-order valence-electron chi connectivity index (χ0n) is 7.51. The van der Waals surface area contributed by atoms with Gasteiger partial charge in [-0.2, -0.15) is 0 Å². The van der Waals surface area contributed by atoms with Crippen LogP contribution < -0.4 is 11.1 Å². The van der Waals surface area contributed by atoms with E-state index < -0.39 is 24.1 Å². The van der Waals surface area contributed by atoms with Gasteiger partial charge in [-0.1, -0.05) is 0 Å². The van der Waals surface area contributed by atoms with Crippen molar-refractivity contribution >= 4 is 11.9 Å². The van der Waals surface area contributed by atoms with Gasteiger partial charge in [0.25, 0.3) is 0 Å². The van der Waals surface area contributed by atoms with Gasteiger partial charge in [-0.25, -0.2) is 4.79 Å². The van der Waals surface area contributed by atoms with Gasteiger partial charge >= 0.3 is 11.9 Å². The minimum absolute atomic E-state index is 0.248. The van der Waals surface area contributed by atoms with E-state index in [1.807, 2.05) is 0 Å². The second-order valence-electron chi connectivity index (χ2n) is 2.70. The summed E-state index contributed by atoms with van der Waals surface area (Å²) in [7, 11) is 0. The molecule has 0 fully saturated rings. The van der Waals surface area contributed by atoms with Crippen molar-refractivity contribution in [3.63, 3.8) is 0 Å². The molecule has 14 heavy (non-hydrogen) atoms. The summed E-state index contributed by atoms with van der Waals surface area (Å²) in [4.78, 5) is 20.8. The summed E-state index contributed by atoms with van der Waals surface area (Å²) in [5.41, 5.74) is 5.16. The molecule has 2 unspecified atom stereocenters. The molecular formula is C7H14N2O5. The standard InChI is InChI=1S/C7H14N2O5/c8-2-1-3-9-4(6(11)12)5(10)7(13)14/h4-5,9-10H,1-3,8H2,(H,11,12)(H,13,14). The third kappa shape index (κ3) is 4.17. The van der Waals surface area contributed by atoms with Crippen molar-refractivity contribution in [3.8, 4) is 0 Å². The van der Waals surface area contributed by atoms with E-state index in [2.05, 4.69) is 5.32 Å². The summed E-state index contributed by atoms with van der Waals surface area (Å²) in [6.45, 7) is 0.611. The Morgan fingerprint density at radius 2 is 1.86 bits per heavy atom. The maximum atomic E-state index is 10.5. The predicted octanol–water partition coefficient (Wildman–Crippen LogP) is -2.18. The number of nitrogens with one attached hydrogen (secondary N) is 1. The van der Waals surface area contributed by atoms with Crippen LogP contribution in [0.4, 0.5) is 0 Å². The fraction of sp³-hybridized carbons (Fsp3) is 0.714. The molecule has 0 saturated carbocycles. The molecule has 0 radical (unpaired) electrons. The molecule has 0 bridgehead atoms. The van der Waals surface area contributed by atoms with Crippen LogP contribution in [0.15, 0.2) is 0 Å². The van der Waals surface area contributed by atoms with E-state index in [0.717, 1.165) is 0 Å². The fourth-order valence-electron chi connectivity index (χ4n) is 0.836. The number of hydrogen-bond acceptors (Lipinski definition) is 5. The summed E-state index contributed by atoms with van der Waals surface area (Å²) in [5, 5.41) is 28.3. The van der Waals surface area contributed by atoms with E-state index in [4.69, 9.17) is 21.1 Å². The Balaban J connectivity index is 4.15. The van der Waals surface area contributed by atoms with Crippen molar-refractivity contribution < 1.29 is 24.9 Å². The fourth-order valence-corrected chi connectivity index (χ4v) is 0.836. The van der Waals surface area contributed by atoms with E-state index in [9.17, 15) is 9.59 Å². The third-order valence-electron chi connectivity index (χ3n) is 1.58. The molecule has 0 aliphatic rings. The first kappa shape index (κ1) is 12.8. The van der Waals surface area contributed by atoms with E-state index >= 15 is 0 Å². The predicted molar refractivity (Wildman–Crippen MR) is 46.7 cm³/mol. The maximum absolute atomic E-state index is 10.5. The molecule has 82 valence electrons. The molecule has 7 heteroatoms. The Morgan fingerprint density at radius 3 is 2.21 bits per heavy atom. The first-order chi connectivity index (χ1) is 6.50. The molecule has 0 saturated heterocycles. The molecule has 0 amide bonds. The van der Waals surface area contributed by atoms with Crippen LogP contribution in [0.25, 0.3) is 0 Å². The van der Waals surface area contributed by atoms with E-state index in [0.29, 0.717) is 13.0 Å². The molecule has 0 aromatic rings. The topological polar surface area (TPSA) is 133 Å². The minimum atomic E-state index is -1.95. The molecule has 2 atom stereocenters. The molecular weight excluding hydrogens is 192 g/mol. The lowest BCUT2D eigenvalue weighted by Gasteiger charge is -2.16. The van der Waals surface area contributed by atoms with Gasteiger partial charge in [0, 0.05) is 0 Å². The molecule has 6 N–H and O–H groups in total. The first-order valence-electron chi connectivity index (χ1n) is 4.07. The normalized spacial score (nSPS) is 14.7. The third-order valence-corrected chi connectivity index (χ3v) is 1.58. The molecule has 0 heterocycles. The molecule has 0 aromatic carbocycles. The minimum Gasteiger partial charge on any atom is -0.480 e. The number of aliphatic carboxylic acids is 2. The van der Waals surface area contributed by atoms with Crippen LogP contribution in [-0.4, -0.2) is 52.5 Å². The van der Waals surface area contributed by atoms with Gasteiger partial charge in [0.15, 0.2) is 6.10 Å². The van der Waals surface area contributed by atoms with Gasteiger partial charge in [-0.15, -0.1) is 0 Å². The Labute approximate surface area is 80.5 Å². The van der Waals surface area contributed by atoms with Crippen molar-refractivity contribution in [1.29, 1.82) is 0 Å². The Bertz CT molecular complexity index is 208. The lowest BCUT2D eigenvalue weighted by Crippen LogP contribution is -2.50. The second kappa shape index (κ2) is 6.30. The quantitative estimate of drug-likeness (QED) is 0.299. The van der Waals surface area contributed by atoms with E-state index in [-0.39, 0.29) is 6.54 Å². The summed E-state index contributed by atoms with van der Waals surface area (Å²) in [6, 6.07) is -1.50. The van der Waals surface area contributed by atoms with Crippen LogP contribution in [0.5, 0.6) is 0 Å². The number of carboxylic acid groups (broad SMARTS) is 2. The average Bonchev–Trinajstić information content (AvgIpc) is 2.10. The van der Waals surface area contributed by atoms with Crippen LogP contribution in [0.1, 0.15) is 6.42 Å². The number of aliphatic hydroxyl groups excluding tert-OH is 1. The van der Waals surface area contributed by atoms with Crippen molar-refractivity contribution in [3.05, 3.63) is 0 Å². The van der Waals surface area contributed by atoms with E-state index in [1.165, 1.54) is 0 Å². The van der Waals surface area contributed by atoms with Crippen molar-refractivity contribution in [2.75, 3.05) is 13.1 Å². The smallest absolute Gasteiger partial charge is 0.334 e. The van der Waals surface area contributed by atoms with Gasteiger partial charge in [0.2, 0.25) is 0 Å². The monoisotopic (exact) mass is 206 g/mol. The lowest BCUT2D eigenvalue weighted by atomic mass is 10.1. The van der Waals surface area contributed by atoms with Crippen molar-refractivity contribution in [1.82, 2.24) is 5.32 Å². The molecule has 7 nitrogen and oxygen atoms in total. The molecule has 0 rings (SSSR count). The van der Waals surface area contributed by atoms with Crippen LogP contribution in [0.3, 0.4) is 0 Å². The molecule has 0 spiro atoms. The highest BCUT2D eigenvalue weighted by atomic mass is 16.4. The number of hydrogen-bond donors (Lipinski definition) is 5. The zero-order valence-corrected chi connectivity index (χ0v) is 7.51. The Hall–Kier alpha value is -1.18. The van der Waals surface area contributed by atoms with Gasteiger partial charge in [-0.3, -0.25) is 4.79 Å². The van der Waals surface area contributed by atoms with Crippen LogP contribution in [-0.2, 0) is 9.59 Å². The SMILES string of the molecule is NCCCNC(C(=O)O)C(O)C(=O)O. The highest BCUT2D eigenvalue weighted by Gasteiger charge is 2.31. The molecule has 0 aromatic heterocycles. The van der Waals surface area contributed by atoms with Gasteiger partial charge in [-0.05, 0) is 19.5 Å². The highest BCUT2D eigenvalue weighted by molar-refractivity contribution is 5.84. The highest BCUT2D eigenvalue weighted by Crippen LogP contribution is 1.94. The average molecular weight is 206 g/mol. The van der Waals surface area contributed by atoms with Crippen LogP contribution in [0, 0.1) is 0 Å². The first-order valence-corrected chi connectivity index (χ1v) is 4.07. The molecule has 0 aliphatic heterocycles. The van der Waals surface area contributed by atoms with Gasteiger partial charge in [0.05, 0.1) is 0 Å². The number of carboxylic acids is 2. The Morgan fingerprint density at radius 1 is 1.29 bits per heavy atom. The largest absolute Gasteiger partial charge is 0.480 e. The number of aliphatic hydroxyl groups is 1. The molecule has 0 aliphatic carbocycles. The Kier molecular flexibility index (Phi) is 5.77. The zero-order chi connectivity index (χ0) is 11.1. The second-order valence-corrected chi connectivity index (χ2v) is 2.70. The summed E-state index contributed by atoms with van der Waals surface area (Å²) in [5.74, 6) is -2.98. The van der Waals surface area contributed by atoms with Crippen LogP contribution >= 0.6 is 0 Å². The maximum Gasteiger partial charge on any atom is 0.334 e. The lowest BCUT2D eigenvalue weighted by molar-refractivity contribution is -0.156. The number of rotatable bonds is 7. The van der Waals surface area contributed by atoms with Gasteiger partial charge in [0.1, 0.15) is 6.04 Å². The van der Waals surface area contributed by atoms with E-state index in [1.54, 1.807) is 0 Å². The van der Waals surface area contributed by atoms with Crippen LogP contribution in [0.2, 0.25) is 0 Å². The number of nitrogens with two attached hydrogens (primary N) is 1.